The summed E-state index contributed by atoms with van der Waals surface area (Å²) in [4.78, 5) is 14.9. The Kier molecular flexibility index (Phi) is 1.62. The first-order chi connectivity index (χ1) is 5.36. The molecule has 0 radical (unpaired) electrons. The summed E-state index contributed by atoms with van der Waals surface area (Å²) >= 11 is 1.40. The molecule has 1 aromatic rings. The van der Waals surface area contributed by atoms with Crippen molar-refractivity contribution in [1.29, 1.82) is 0 Å². The van der Waals surface area contributed by atoms with Crippen LogP contribution in [0.1, 0.15) is 23.3 Å². The molecule has 0 bridgehead atoms. The second kappa shape index (κ2) is 2.62. The molecule has 0 aromatic carbocycles. The zero-order chi connectivity index (χ0) is 7.68. The minimum absolute atomic E-state index is 0.171. The van der Waals surface area contributed by atoms with Gasteiger partial charge in [0.1, 0.15) is 6.10 Å². The van der Waals surface area contributed by atoms with E-state index < -0.39 is 0 Å². The van der Waals surface area contributed by atoms with Crippen LogP contribution in [-0.4, -0.2) is 17.1 Å². The molecular weight excluding hydrogens is 162 g/mol. The molecule has 1 fully saturated rings. The summed E-state index contributed by atoms with van der Waals surface area (Å²) in [5.41, 5.74) is 2.06. The third-order valence-corrected chi connectivity index (χ3v) is 2.03. The highest BCUT2D eigenvalue weighted by atomic mass is 32.1. The predicted molar refractivity (Wildman–Crippen MR) is 40.6 cm³/mol. The van der Waals surface area contributed by atoms with Crippen LogP contribution < -0.4 is 0 Å². The Bertz CT molecular complexity index is 253. The van der Waals surface area contributed by atoms with Crippen LogP contribution in [0.25, 0.3) is 0 Å². The van der Waals surface area contributed by atoms with Gasteiger partial charge in [-0.1, -0.05) is 0 Å². The summed E-state index contributed by atoms with van der Waals surface area (Å²) in [6.45, 7) is 0. The fourth-order valence-corrected chi connectivity index (χ4v) is 1.23. The highest BCUT2D eigenvalue weighted by Crippen LogP contribution is 2.24. The van der Waals surface area contributed by atoms with Gasteiger partial charge in [-0.2, -0.15) is 0 Å². The number of esters is 1. The number of rotatable bonds is 2. The van der Waals surface area contributed by atoms with E-state index in [1.807, 2.05) is 0 Å². The Hall–Kier alpha value is -0.900. The van der Waals surface area contributed by atoms with Gasteiger partial charge in [0.2, 0.25) is 0 Å². The maximum Gasteiger partial charge on any atom is 0.358 e. The van der Waals surface area contributed by atoms with E-state index in [-0.39, 0.29) is 12.1 Å². The van der Waals surface area contributed by atoms with Crippen molar-refractivity contribution in [2.45, 2.75) is 18.9 Å². The average molecular weight is 169 g/mol. The van der Waals surface area contributed by atoms with Crippen LogP contribution in [0.15, 0.2) is 10.9 Å². The fraction of sp³-hybridized carbons (Fsp3) is 0.429. The fourth-order valence-electron chi connectivity index (χ4n) is 0.711. The summed E-state index contributed by atoms with van der Waals surface area (Å²) < 4.78 is 5.01. The average Bonchev–Trinajstić information content (AvgIpc) is 2.67. The Morgan fingerprint density at radius 3 is 3.09 bits per heavy atom. The van der Waals surface area contributed by atoms with E-state index >= 15 is 0 Å². The zero-order valence-corrected chi connectivity index (χ0v) is 6.63. The second-order valence-electron chi connectivity index (χ2n) is 2.48. The molecule has 3 nitrogen and oxygen atoms in total. The highest BCUT2D eigenvalue weighted by molar-refractivity contribution is 7.07. The maximum absolute atomic E-state index is 11.1. The lowest BCUT2D eigenvalue weighted by atomic mass is 10.5. The largest absolute Gasteiger partial charge is 0.458 e. The first-order valence-corrected chi connectivity index (χ1v) is 4.40. The number of hydrogen-bond acceptors (Lipinski definition) is 4. The van der Waals surface area contributed by atoms with Gasteiger partial charge in [-0.15, -0.1) is 11.3 Å². The van der Waals surface area contributed by atoms with E-state index in [0.717, 1.165) is 12.8 Å². The quantitative estimate of drug-likeness (QED) is 0.629. The first-order valence-electron chi connectivity index (χ1n) is 3.45. The molecule has 11 heavy (non-hydrogen) atoms. The summed E-state index contributed by atoms with van der Waals surface area (Å²) in [5.74, 6) is -0.284. The molecule has 0 N–H and O–H groups in total. The normalized spacial score (nSPS) is 16.4. The molecular formula is C7H7NO2S. The minimum atomic E-state index is -0.284. The third-order valence-electron chi connectivity index (χ3n) is 1.44. The van der Waals surface area contributed by atoms with Crippen molar-refractivity contribution in [1.82, 2.24) is 4.98 Å². The molecule has 4 heteroatoms. The number of carbonyl (C=O) groups is 1. The van der Waals surface area contributed by atoms with Crippen LogP contribution in [0, 0.1) is 0 Å². The molecule has 0 spiro atoms. The monoisotopic (exact) mass is 169 g/mol. The molecule has 0 unspecified atom stereocenters. The van der Waals surface area contributed by atoms with E-state index in [1.165, 1.54) is 11.3 Å². The predicted octanol–water partition coefficient (Wildman–Crippen LogP) is 1.46. The van der Waals surface area contributed by atoms with Crippen LogP contribution >= 0.6 is 11.3 Å². The molecule has 0 atom stereocenters. The molecule has 1 aliphatic rings. The van der Waals surface area contributed by atoms with E-state index in [0.29, 0.717) is 5.69 Å². The van der Waals surface area contributed by atoms with E-state index in [1.54, 1.807) is 10.9 Å². The third kappa shape index (κ3) is 1.57. The molecule has 1 saturated carbocycles. The molecule has 1 aliphatic carbocycles. The number of carbonyl (C=O) groups excluding carboxylic acids is 1. The molecule has 1 heterocycles. The molecule has 1 aromatic heterocycles. The Morgan fingerprint density at radius 1 is 1.73 bits per heavy atom. The van der Waals surface area contributed by atoms with Crippen molar-refractivity contribution >= 4 is 17.3 Å². The Balaban J connectivity index is 1.99. The lowest BCUT2D eigenvalue weighted by molar-refractivity contribution is 0.0466. The van der Waals surface area contributed by atoms with E-state index in [2.05, 4.69) is 4.98 Å². The number of aromatic nitrogens is 1. The maximum atomic E-state index is 11.1. The Labute approximate surface area is 68.0 Å². The molecule has 0 amide bonds. The van der Waals surface area contributed by atoms with Gasteiger partial charge in [0, 0.05) is 5.38 Å². The van der Waals surface area contributed by atoms with E-state index in [9.17, 15) is 4.79 Å². The van der Waals surface area contributed by atoms with Crippen molar-refractivity contribution in [2.75, 3.05) is 0 Å². The lowest BCUT2D eigenvalue weighted by Crippen LogP contribution is -2.06. The van der Waals surface area contributed by atoms with Crippen LogP contribution in [-0.2, 0) is 4.74 Å². The van der Waals surface area contributed by atoms with Gasteiger partial charge in [0.15, 0.2) is 5.69 Å². The van der Waals surface area contributed by atoms with Crippen LogP contribution in [0.2, 0.25) is 0 Å². The SMILES string of the molecule is O=C(OC1CC1)c1cscn1. The van der Waals surface area contributed by atoms with Crippen molar-refractivity contribution in [3.05, 3.63) is 16.6 Å². The molecule has 58 valence electrons. The van der Waals surface area contributed by atoms with Crippen LogP contribution in [0.4, 0.5) is 0 Å². The van der Waals surface area contributed by atoms with Gasteiger partial charge in [0.25, 0.3) is 0 Å². The molecule has 0 saturated heterocycles. The lowest BCUT2D eigenvalue weighted by Gasteiger charge is -1.97. The number of hydrogen-bond donors (Lipinski definition) is 0. The minimum Gasteiger partial charge on any atom is -0.458 e. The topological polar surface area (TPSA) is 39.2 Å². The van der Waals surface area contributed by atoms with Gasteiger partial charge in [-0.25, -0.2) is 9.78 Å². The molecule has 0 aliphatic heterocycles. The molecule has 2 rings (SSSR count). The summed E-state index contributed by atoms with van der Waals surface area (Å²) in [5, 5.41) is 1.70. The Morgan fingerprint density at radius 2 is 2.55 bits per heavy atom. The first kappa shape index (κ1) is 6.79. The number of nitrogens with zero attached hydrogens (tertiary/aromatic N) is 1. The summed E-state index contributed by atoms with van der Waals surface area (Å²) in [7, 11) is 0. The van der Waals surface area contributed by atoms with Crippen LogP contribution in [0.3, 0.4) is 0 Å². The van der Waals surface area contributed by atoms with Crippen molar-refractivity contribution in [2.24, 2.45) is 0 Å². The number of ether oxygens (including phenoxy) is 1. The summed E-state index contributed by atoms with van der Waals surface area (Å²) in [6.07, 6.45) is 2.19. The van der Waals surface area contributed by atoms with Crippen LogP contribution in [0.5, 0.6) is 0 Å². The summed E-state index contributed by atoms with van der Waals surface area (Å²) in [6, 6.07) is 0. The standard InChI is InChI=1S/C7H7NO2S/c9-7(10-5-1-2-5)6-3-11-4-8-6/h3-5H,1-2H2. The van der Waals surface area contributed by atoms with E-state index in [4.69, 9.17) is 4.74 Å². The van der Waals surface area contributed by atoms with Crippen molar-refractivity contribution in [3.63, 3.8) is 0 Å². The smallest absolute Gasteiger partial charge is 0.358 e. The van der Waals surface area contributed by atoms with Crippen molar-refractivity contribution in [3.8, 4) is 0 Å². The van der Waals surface area contributed by atoms with Gasteiger partial charge in [-0.3, -0.25) is 0 Å². The van der Waals surface area contributed by atoms with Gasteiger partial charge in [-0.05, 0) is 12.8 Å². The number of thiazole rings is 1. The van der Waals surface area contributed by atoms with Crippen molar-refractivity contribution < 1.29 is 9.53 Å². The van der Waals surface area contributed by atoms with Gasteiger partial charge < -0.3 is 4.74 Å². The zero-order valence-electron chi connectivity index (χ0n) is 5.82. The second-order valence-corrected chi connectivity index (χ2v) is 3.20. The highest BCUT2D eigenvalue weighted by Gasteiger charge is 2.26. The van der Waals surface area contributed by atoms with Gasteiger partial charge >= 0.3 is 5.97 Å². The van der Waals surface area contributed by atoms with Gasteiger partial charge in [0.05, 0.1) is 5.51 Å².